The van der Waals surface area contributed by atoms with Crippen molar-refractivity contribution in [2.24, 2.45) is 0 Å². The third-order valence-corrected chi connectivity index (χ3v) is 6.12. The fraction of sp³-hybridized carbons (Fsp3) is 0.290. The summed E-state index contributed by atoms with van der Waals surface area (Å²) in [6.07, 6.45) is 9.01. The Morgan fingerprint density at radius 3 is 2.57 bits per heavy atom. The van der Waals surface area contributed by atoms with Crippen LogP contribution in [-0.2, 0) is 6.42 Å². The van der Waals surface area contributed by atoms with Crippen LogP contribution in [0, 0.1) is 11.3 Å². The number of nitriles is 1. The number of nitrogens with zero attached hydrogens (tertiary/aromatic N) is 2. The molecule has 6 heteroatoms. The van der Waals surface area contributed by atoms with Crippen LogP contribution in [0.3, 0.4) is 0 Å². The molecular formula is C31H35N3O3. The maximum Gasteiger partial charge on any atom is 0.251 e. The van der Waals surface area contributed by atoms with Gasteiger partial charge in [0.2, 0.25) is 0 Å². The van der Waals surface area contributed by atoms with E-state index in [-0.39, 0.29) is 24.7 Å². The standard InChI is InChI=1S/C31H35N3O3/c1-21(2)37-30-13-12-27(18-28(30)19-32)31(36)33-29(14-16-35)17-25-8-10-26(11-9-25)23(4)20-34-15-6-7-22(3)24(34)5/h6-13,15,18,20-21,29,35H,5,14,16-17H2,1-4H3,(H,33,36)/b23-20+. The average Bonchev–Trinajstić information content (AvgIpc) is 2.87. The van der Waals surface area contributed by atoms with Crippen molar-refractivity contribution in [3.63, 3.8) is 0 Å². The van der Waals surface area contributed by atoms with Crippen molar-refractivity contribution in [2.45, 2.75) is 52.7 Å². The summed E-state index contributed by atoms with van der Waals surface area (Å²) >= 11 is 0. The number of aliphatic hydroxyl groups is 1. The lowest BCUT2D eigenvalue weighted by Crippen LogP contribution is -2.37. The highest BCUT2D eigenvalue weighted by Gasteiger charge is 2.17. The minimum atomic E-state index is -0.291. The maximum atomic E-state index is 12.9. The van der Waals surface area contributed by atoms with Crippen molar-refractivity contribution in [1.82, 2.24) is 10.2 Å². The van der Waals surface area contributed by atoms with Crippen molar-refractivity contribution < 1.29 is 14.6 Å². The molecule has 1 aliphatic heterocycles. The Bertz CT molecular complexity index is 1260. The monoisotopic (exact) mass is 497 g/mol. The number of aliphatic hydroxyl groups excluding tert-OH is 1. The van der Waals surface area contributed by atoms with Crippen LogP contribution in [0.5, 0.6) is 5.75 Å². The Kier molecular flexibility index (Phi) is 9.48. The molecule has 0 aliphatic carbocycles. The van der Waals surface area contributed by atoms with E-state index < -0.39 is 0 Å². The fourth-order valence-corrected chi connectivity index (χ4v) is 4.03. The summed E-state index contributed by atoms with van der Waals surface area (Å²) < 4.78 is 5.64. The van der Waals surface area contributed by atoms with Gasteiger partial charge in [-0.2, -0.15) is 5.26 Å². The summed E-state index contributed by atoms with van der Waals surface area (Å²) in [4.78, 5) is 15.0. The van der Waals surface area contributed by atoms with E-state index in [1.54, 1.807) is 12.1 Å². The van der Waals surface area contributed by atoms with E-state index in [2.05, 4.69) is 43.2 Å². The minimum absolute atomic E-state index is 0.0450. The van der Waals surface area contributed by atoms with E-state index in [0.29, 0.717) is 29.7 Å². The summed E-state index contributed by atoms with van der Waals surface area (Å²) in [5.41, 5.74) is 6.01. The van der Waals surface area contributed by atoms with E-state index in [0.717, 1.165) is 28.0 Å². The maximum absolute atomic E-state index is 12.9. The van der Waals surface area contributed by atoms with Gasteiger partial charge >= 0.3 is 0 Å². The van der Waals surface area contributed by atoms with Crippen LogP contribution >= 0.6 is 0 Å². The van der Waals surface area contributed by atoms with Gasteiger partial charge in [0.15, 0.2) is 0 Å². The first-order chi connectivity index (χ1) is 17.7. The van der Waals surface area contributed by atoms with Crippen LogP contribution in [0.2, 0.25) is 0 Å². The second-order valence-corrected chi connectivity index (χ2v) is 9.43. The average molecular weight is 498 g/mol. The second kappa shape index (κ2) is 12.8. The van der Waals surface area contributed by atoms with Crippen molar-refractivity contribution >= 4 is 11.5 Å². The first-order valence-corrected chi connectivity index (χ1v) is 12.4. The van der Waals surface area contributed by atoms with Crippen LogP contribution in [0.4, 0.5) is 0 Å². The quantitative estimate of drug-likeness (QED) is 0.439. The van der Waals surface area contributed by atoms with Gasteiger partial charge in [0, 0.05) is 36.3 Å². The molecule has 192 valence electrons. The zero-order chi connectivity index (χ0) is 26.9. The molecule has 0 bridgehead atoms. The van der Waals surface area contributed by atoms with Gasteiger partial charge in [-0.25, -0.2) is 0 Å². The molecule has 1 unspecified atom stereocenters. The number of benzene rings is 2. The van der Waals surface area contributed by atoms with Crippen LogP contribution in [-0.4, -0.2) is 34.7 Å². The van der Waals surface area contributed by atoms with Crippen LogP contribution in [0.25, 0.3) is 5.57 Å². The Balaban J connectivity index is 1.68. The fourth-order valence-electron chi connectivity index (χ4n) is 4.03. The number of carbonyl (C=O) groups excluding carboxylic acids is 1. The Morgan fingerprint density at radius 1 is 1.22 bits per heavy atom. The second-order valence-electron chi connectivity index (χ2n) is 9.43. The summed E-state index contributed by atoms with van der Waals surface area (Å²) in [6.45, 7) is 12.0. The first-order valence-electron chi connectivity index (χ1n) is 12.4. The highest BCUT2D eigenvalue weighted by Crippen LogP contribution is 2.24. The van der Waals surface area contributed by atoms with Gasteiger partial charge in [0.25, 0.3) is 5.91 Å². The number of carbonyl (C=O) groups is 1. The smallest absolute Gasteiger partial charge is 0.251 e. The molecule has 0 radical (unpaired) electrons. The van der Waals surface area contributed by atoms with Gasteiger partial charge in [-0.05, 0) is 87.1 Å². The minimum Gasteiger partial charge on any atom is -0.490 e. The third-order valence-electron chi connectivity index (χ3n) is 6.12. The molecule has 0 fully saturated rings. The van der Waals surface area contributed by atoms with E-state index in [9.17, 15) is 15.2 Å². The van der Waals surface area contributed by atoms with Crippen molar-refractivity contribution in [3.05, 3.63) is 107 Å². The van der Waals surface area contributed by atoms with Gasteiger partial charge in [-0.1, -0.05) is 36.9 Å². The van der Waals surface area contributed by atoms with E-state index >= 15 is 0 Å². The van der Waals surface area contributed by atoms with Crippen LogP contribution in [0.15, 0.2) is 84.9 Å². The molecule has 1 aliphatic rings. The molecule has 2 N–H and O–H groups in total. The number of ether oxygens (including phenoxy) is 1. The predicted octanol–water partition coefficient (Wildman–Crippen LogP) is 5.72. The lowest BCUT2D eigenvalue weighted by Gasteiger charge is -2.23. The summed E-state index contributed by atoms with van der Waals surface area (Å²) in [5, 5.41) is 22.0. The molecular weight excluding hydrogens is 462 g/mol. The summed E-state index contributed by atoms with van der Waals surface area (Å²) in [7, 11) is 0. The van der Waals surface area contributed by atoms with Gasteiger partial charge in [0.1, 0.15) is 11.8 Å². The van der Waals surface area contributed by atoms with Crippen molar-refractivity contribution in [1.29, 1.82) is 5.26 Å². The van der Waals surface area contributed by atoms with Gasteiger partial charge < -0.3 is 20.1 Å². The zero-order valence-corrected chi connectivity index (χ0v) is 22.0. The molecule has 6 nitrogen and oxygen atoms in total. The topological polar surface area (TPSA) is 85.6 Å². The Hall–Kier alpha value is -4.08. The largest absolute Gasteiger partial charge is 0.490 e. The summed E-state index contributed by atoms with van der Waals surface area (Å²) in [5.74, 6) is 0.165. The molecule has 1 amide bonds. The van der Waals surface area contributed by atoms with Gasteiger partial charge in [-0.15, -0.1) is 0 Å². The highest BCUT2D eigenvalue weighted by molar-refractivity contribution is 5.95. The van der Waals surface area contributed by atoms with E-state index in [1.807, 2.05) is 56.2 Å². The third kappa shape index (κ3) is 7.45. The summed E-state index contributed by atoms with van der Waals surface area (Å²) in [6, 6.07) is 14.9. The first kappa shape index (κ1) is 27.5. The van der Waals surface area contributed by atoms with E-state index in [1.165, 1.54) is 6.07 Å². The Labute approximate surface area is 219 Å². The molecule has 0 saturated carbocycles. The molecule has 37 heavy (non-hydrogen) atoms. The van der Waals surface area contributed by atoms with Crippen molar-refractivity contribution in [2.75, 3.05) is 6.61 Å². The molecule has 1 atom stereocenters. The van der Waals surface area contributed by atoms with E-state index in [4.69, 9.17) is 4.74 Å². The SMILES string of the molecule is C=C1C(C)=CC=CN1/C=C(\C)c1ccc(CC(CCO)NC(=O)c2ccc(OC(C)C)c(C#N)c2)cc1. The number of rotatable bonds is 10. The van der Waals surface area contributed by atoms with Gasteiger partial charge in [0.05, 0.1) is 11.7 Å². The van der Waals surface area contributed by atoms with Crippen LogP contribution < -0.4 is 10.1 Å². The molecule has 2 aromatic carbocycles. The normalized spacial score (nSPS) is 14.3. The van der Waals surface area contributed by atoms with Crippen molar-refractivity contribution in [3.8, 4) is 11.8 Å². The Morgan fingerprint density at radius 2 is 1.92 bits per heavy atom. The lowest BCUT2D eigenvalue weighted by molar-refractivity contribution is 0.0930. The number of hydrogen-bond acceptors (Lipinski definition) is 5. The highest BCUT2D eigenvalue weighted by atomic mass is 16.5. The predicted molar refractivity (Wildman–Crippen MR) is 148 cm³/mol. The molecule has 2 aromatic rings. The lowest BCUT2D eigenvalue weighted by atomic mass is 9.99. The van der Waals surface area contributed by atoms with Crippen LogP contribution in [0.1, 0.15) is 61.2 Å². The molecule has 3 rings (SSSR count). The zero-order valence-electron chi connectivity index (χ0n) is 22.0. The molecule has 0 aromatic heterocycles. The molecule has 0 spiro atoms. The molecule has 1 heterocycles. The number of hydrogen-bond donors (Lipinski definition) is 2. The number of nitrogens with one attached hydrogen (secondary N) is 1. The molecule has 0 saturated heterocycles. The van der Waals surface area contributed by atoms with Gasteiger partial charge in [-0.3, -0.25) is 4.79 Å². The number of allylic oxidation sites excluding steroid dienone is 4. The number of amides is 1.